The highest BCUT2D eigenvalue weighted by atomic mass is 35.5. The average molecular weight is 490 g/mol. The summed E-state index contributed by atoms with van der Waals surface area (Å²) in [6.07, 6.45) is 5.00. The van der Waals surface area contributed by atoms with Gasteiger partial charge in [0, 0.05) is 47.5 Å². The molecule has 1 aliphatic heterocycles. The Morgan fingerprint density at radius 1 is 1.30 bits per heavy atom. The van der Waals surface area contributed by atoms with Crippen LogP contribution < -0.4 is 10.5 Å². The van der Waals surface area contributed by atoms with E-state index in [-0.39, 0.29) is 16.3 Å². The van der Waals surface area contributed by atoms with Crippen LogP contribution in [0.15, 0.2) is 30.6 Å². The molecule has 6 nitrogen and oxygen atoms in total. The van der Waals surface area contributed by atoms with Crippen LogP contribution in [-0.2, 0) is 4.74 Å². The van der Waals surface area contributed by atoms with Gasteiger partial charge in [-0.2, -0.15) is 0 Å². The molecule has 3 heterocycles. The van der Waals surface area contributed by atoms with Gasteiger partial charge in [-0.3, -0.25) is 9.78 Å². The molecule has 0 aliphatic carbocycles. The van der Waals surface area contributed by atoms with Crippen molar-refractivity contribution in [2.45, 2.75) is 32.6 Å². The van der Waals surface area contributed by atoms with Crippen LogP contribution in [0.4, 0.5) is 4.39 Å². The number of primary amides is 1. The van der Waals surface area contributed by atoms with Crippen LogP contribution in [0.3, 0.4) is 0 Å². The number of aryl methyl sites for hydroxylation is 1. The molecule has 0 spiro atoms. The first-order valence-electron chi connectivity index (χ1n) is 10.8. The number of pyridine rings is 1. The Bertz CT molecular complexity index is 1160. The van der Waals surface area contributed by atoms with Crippen LogP contribution in [0.1, 0.15) is 52.2 Å². The van der Waals surface area contributed by atoms with Gasteiger partial charge in [-0.25, -0.2) is 9.37 Å². The first-order valence-corrected chi connectivity index (χ1v) is 11.9. The molecule has 3 aromatic rings. The lowest BCUT2D eigenvalue weighted by atomic mass is 9.87. The highest BCUT2D eigenvalue weighted by Crippen LogP contribution is 2.40. The standard InChI is InChI=1S/C24H25ClFN3O3S/c1-13-10-29-24(33-13)19-9-17(32-12-15-3-5-31-6-4-15)8-18(23(27)30)21(19)14(2)22-20(26)7-16(25)11-28-22/h7-11,14-15H,3-6,12H2,1-2H3,(H2,27,30). The second-order valence-corrected chi connectivity index (χ2v) is 9.85. The van der Waals surface area contributed by atoms with Crippen molar-refractivity contribution in [1.29, 1.82) is 0 Å². The highest BCUT2D eigenvalue weighted by Gasteiger charge is 2.27. The fourth-order valence-corrected chi connectivity index (χ4v) is 4.98. The van der Waals surface area contributed by atoms with Crippen LogP contribution in [0.25, 0.3) is 10.6 Å². The van der Waals surface area contributed by atoms with Gasteiger partial charge in [0.25, 0.3) is 0 Å². The van der Waals surface area contributed by atoms with Crippen molar-refractivity contribution >= 4 is 28.8 Å². The van der Waals surface area contributed by atoms with Gasteiger partial charge in [-0.15, -0.1) is 11.3 Å². The van der Waals surface area contributed by atoms with Gasteiger partial charge in [0.15, 0.2) is 0 Å². The number of benzene rings is 1. The molecule has 0 radical (unpaired) electrons. The van der Waals surface area contributed by atoms with Gasteiger partial charge in [0.1, 0.15) is 16.6 Å². The Morgan fingerprint density at radius 3 is 2.70 bits per heavy atom. The van der Waals surface area contributed by atoms with Crippen molar-refractivity contribution in [1.82, 2.24) is 9.97 Å². The molecule has 0 bridgehead atoms. The zero-order valence-electron chi connectivity index (χ0n) is 18.4. The molecule has 174 valence electrons. The predicted molar refractivity (Wildman–Crippen MR) is 127 cm³/mol. The van der Waals surface area contributed by atoms with E-state index in [4.69, 9.17) is 26.8 Å². The van der Waals surface area contributed by atoms with E-state index in [0.717, 1.165) is 30.9 Å². The second kappa shape index (κ2) is 10.2. The molecule has 33 heavy (non-hydrogen) atoms. The molecule has 1 atom stereocenters. The minimum atomic E-state index is -0.628. The summed E-state index contributed by atoms with van der Waals surface area (Å²) in [5, 5.41) is 0.897. The normalized spacial score (nSPS) is 15.4. The third-order valence-electron chi connectivity index (χ3n) is 5.78. The number of carbonyl (C=O) groups excluding carboxylic acids is 1. The van der Waals surface area contributed by atoms with Gasteiger partial charge in [-0.05, 0) is 49.4 Å². The molecule has 1 unspecified atom stereocenters. The van der Waals surface area contributed by atoms with Crippen molar-refractivity contribution in [2.24, 2.45) is 11.7 Å². The monoisotopic (exact) mass is 489 g/mol. The fourth-order valence-electron chi connectivity index (χ4n) is 4.04. The Morgan fingerprint density at radius 2 is 2.06 bits per heavy atom. The number of amides is 1. The highest BCUT2D eigenvalue weighted by molar-refractivity contribution is 7.15. The lowest BCUT2D eigenvalue weighted by Gasteiger charge is -2.23. The first kappa shape index (κ1) is 23.6. The van der Waals surface area contributed by atoms with E-state index < -0.39 is 17.6 Å². The molecule has 1 saturated heterocycles. The molecule has 9 heteroatoms. The number of rotatable bonds is 7. The van der Waals surface area contributed by atoms with E-state index >= 15 is 0 Å². The Labute approximate surface area is 200 Å². The van der Waals surface area contributed by atoms with E-state index in [1.807, 2.05) is 13.0 Å². The summed E-state index contributed by atoms with van der Waals surface area (Å²) < 4.78 is 26.3. The number of hydrogen-bond donors (Lipinski definition) is 1. The molecule has 1 amide bonds. The number of nitrogens with two attached hydrogens (primary N) is 1. The molecule has 2 N–H and O–H groups in total. The zero-order chi connectivity index (χ0) is 23.5. The minimum absolute atomic E-state index is 0.173. The number of nitrogens with zero attached hydrogens (tertiary/aromatic N) is 2. The van der Waals surface area contributed by atoms with Crippen LogP contribution >= 0.6 is 22.9 Å². The van der Waals surface area contributed by atoms with Crippen LogP contribution in [0.5, 0.6) is 5.75 Å². The minimum Gasteiger partial charge on any atom is -0.493 e. The van der Waals surface area contributed by atoms with Gasteiger partial charge in [-0.1, -0.05) is 18.5 Å². The van der Waals surface area contributed by atoms with E-state index in [2.05, 4.69) is 9.97 Å². The van der Waals surface area contributed by atoms with Gasteiger partial charge in [0.2, 0.25) is 5.91 Å². The molecule has 1 aromatic carbocycles. The molecule has 1 fully saturated rings. The van der Waals surface area contributed by atoms with Crippen molar-refractivity contribution in [3.8, 4) is 16.3 Å². The number of carbonyl (C=O) groups is 1. The largest absolute Gasteiger partial charge is 0.493 e. The number of hydrogen-bond acceptors (Lipinski definition) is 6. The van der Waals surface area contributed by atoms with Crippen molar-refractivity contribution in [2.75, 3.05) is 19.8 Å². The molecular formula is C24H25ClFN3O3S. The van der Waals surface area contributed by atoms with E-state index in [0.29, 0.717) is 34.4 Å². The molecule has 0 saturated carbocycles. The maximum Gasteiger partial charge on any atom is 0.249 e. The number of ether oxygens (including phenoxy) is 2. The third kappa shape index (κ3) is 5.34. The summed E-state index contributed by atoms with van der Waals surface area (Å²) in [5.74, 6) is -0.844. The Balaban J connectivity index is 1.80. The van der Waals surface area contributed by atoms with Gasteiger partial charge < -0.3 is 15.2 Å². The molecule has 1 aliphatic rings. The molecular weight excluding hydrogens is 465 g/mol. The fraction of sp³-hybridized carbons (Fsp3) is 0.375. The average Bonchev–Trinajstić information content (AvgIpc) is 3.23. The number of halogens is 2. The maximum atomic E-state index is 14.8. The maximum absolute atomic E-state index is 14.8. The second-order valence-electron chi connectivity index (χ2n) is 8.18. The molecule has 2 aromatic heterocycles. The topological polar surface area (TPSA) is 87.3 Å². The van der Waals surface area contributed by atoms with Crippen LogP contribution in [0, 0.1) is 18.7 Å². The lowest BCUT2D eigenvalue weighted by molar-refractivity contribution is 0.0497. The summed E-state index contributed by atoms with van der Waals surface area (Å²) >= 11 is 7.37. The predicted octanol–water partition coefficient (Wildman–Crippen LogP) is 5.36. The van der Waals surface area contributed by atoms with E-state index in [9.17, 15) is 9.18 Å². The summed E-state index contributed by atoms with van der Waals surface area (Å²) in [7, 11) is 0. The van der Waals surface area contributed by atoms with Gasteiger partial charge in [0.05, 0.1) is 17.3 Å². The zero-order valence-corrected chi connectivity index (χ0v) is 20.0. The lowest BCUT2D eigenvalue weighted by Crippen LogP contribution is -2.22. The Kier molecular flexibility index (Phi) is 7.26. The SMILES string of the molecule is Cc1cnc(-c2cc(OCC3CCOCC3)cc(C(N)=O)c2C(C)c2ncc(Cl)cc2F)s1. The first-order chi connectivity index (χ1) is 15.8. The van der Waals surface area contributed by atoms with Crippen molar-refractivity contribution < 1.29 is 18.7 Å². The Hall–Kier alpha value is -2.55. The van der Waals surface area contributed by atoms with Gasteiger partial charge >= 0.3 is 0 Å². The van der Waals surface area contributed by atoms with E-state index in [1.165, 1.54) is 23.6 Å². The summed E-state index contributed by atoms with van der Waals surface area (Å²) in [6.45, 7) is 5.69. The van der Waals surface area contributed by atoms with Crippen LogP contribution in [-0.4, -0.2) is 35.7 Å². The van der Waals surface area contributed by atoms with Crippen molar-refractivity contribution in [3.63, 3.8) is 0 Å². The molecule has 4 rings (SSSR count). The van der Waals surface area contributed by atoms with Crippen molar-refractivity contribution in [3.05, 3.63) is 63.1 Å². The summed E-state index contributed by atoms with van der Waals surface area (Å²) in [4.78, 5) is 22.3. The number of aromatic nitrogens is 2. The quantitative estimate of drug-likeness (QED) is 0.482. The number of thiazole rings is 1. The van der Waals surface area contributed by atoms with Crippen LogP contribution in [0.2, 0.25) is 5.02 Å². The summed E-state index contributed by atoms with van der Waals surface area (Å²) in [6, 6.07) is 4.69. The summed E-state index contributed by atoms with van der Waals surface area (Å²) in [5.41, 5.74) is 7.45. The smallest absolute Gasteiger partial charge is 0.249 e. The van der Waals surface area contributed by atoms with E-state index in [1.54, 1.807) is 19.2 Å². The third-order valence-corrected chi connectivity index (χ3v) is 6.93.